The molecule has 3 rings (SSSR count). The van der Waals surface area contributed by atoms with Gasteiger partial charge in [0, 0.05) is 17.9 Å². The molecule has 3 atom stereocenters. The minimum Gasteiger partial charge on any atom is -0.471 e. The van der Waals surface area contributed by atoms with E-state index in [9.17, 15) is 4.79 Å². The van der Waals surface area contributed by atoms with Crippen molar-refractivity contribution in [1.29, 1.82) is 0 Å². The van der Waals surface area contributed by atoms with Gasteiger partial charge in [-0.2, -0.15) is 0 Å². The lowest BCUT2D eigenvalue weighted by atomic mass is 9.64. The van der Waals surface area contributed by atoms with Gasteiger partial charge in [-0.3, -0.25) is 4.79 Å². The molecule has 0 unspecified atom stereocenters. The van der Waals surface area contributed by atoms with Crippen LogP contribution < -0.4 is 0 Å². The zero-order chi connectivity index (χ0) is 13.6. The number of hydrogen-bond donors (Lipinski definition) is 0. The quantitative estimate of drug-likeness (QED) is 0.728. The van der Waals surface area contributed by atoms with Gasteiger partial charge in [-0.05, 0) is 35.8 Å². The molecule has 0 amide bonds. The van der Waals surface area contributed by atoms with Gasteiger partial charge in [0.05, 0.1) is 6.61 Å². The number of carbonyl (C=O) groups excluding carboxylic acids is 1. The Bertz CT molecular complexity index is 459. The SMILES string of the molecule is CC(C)[C@@H]1CC2=C(COCO2)C2=CC(=O)[C@H](C)C[C@H]21. The lowest BCUT2D eigenvalue weighted by molar-refractivity contribution is -0.119. The third-order valence-corrected chi connectivity index (χ3v) is 4.83. The summed E-state index contributed by atoms with van der Waals surface area (Å²) in [6, 6.07) is 0. The van der Waals surface area contributed by atoms with E-state index in [1.54, 1.807) is 0 Å². The Labute approximate surface area is 114 Å². The van der Waals surface area contributed by atoms with Crippen LogP contribution in [0.5, 0.6) is 0 Å². The lowest BCUT2D eigenvalue weighted by Crippen LogP contribution is -2.36. The van der Waals surface area contributed by atoms with E-state index in [-0.39, 0.29) is 11.7 Å². The molecule has 0 aromatic rings. The highest BCUT2D eigenvalue weighted by molar-refractivity contribution is 5.94. The van der Waals surface area contributed by atoms with Crippen LogP contribution in [0.15, 0.2) is 23.0 Å². The van der Waals surface area contributed by atoms with Crippen LogP contribution in [0.25, 0.3) is 0 Å². The highest BCUT2D eigenvalue weighted by Gasteiger charge is 2.41. The Hall–Kier alpha value is -1.09. The summed E-state index contributed by atoms with van der Waals surface area (Å²) in [5.41, 5.74) is 2.34. The summed E-state index contributed by atoms with van der Waals surface area (Å²) in [5.74, 6) is 3.16. The van der Waals surface area contributed by atoms with Crippen molar-refractivity contribution < 1.29 is 14.3 Å². The lowest BCUT2D eigenvalue weighted by Gasteiger charge is -2.42. The summed E-state index contributed by atoms with van der Waals surface area (Å²) in [7, 11) is 0. The zero-order valence-corrected chi connectivity index (χ0v) is 11.9. The summed E-state index contributed by atoms with van der Waals surface area (Å²) >= 11 is 0. The Kier molecular flexibility index (Phi) is 3.25. The van der Waals surface area contributed by atoms with Crippen LogP contribution in [0.4, 0.5) is 0 Å². The van der Waals surface area contributed by atoms with Gasteiger partial charge < -0.3 is 9.47 Å². The number of ketones is 1. The Morgan fingerprint density at radius 1 is 1.37 bits per heavy atom. The van der Waals surface area contributed by atoms with Gasteiger partial charge in [-0.1, -0.05) is 20.8 Å². The fraction of sp³-hybridized carbons (Fsp3) is 0.688. The number of carbonyl (C=O) groups is 1. The van der Waals surface area contributed by atoms with Crippen LogP contribution >= 0.6 is 0 Å². The van der Waals surface area contributed by atoms with Gasteiger partial charge >= 0.3 is 0 Å². The van der Waals surface area contributed by atoms with Crippen molar-refractivity contribution in [2.24, 2.45) is 23.7 Å². The molecule has 3 heteroatoms. The second-order valence-corrected chi connectivity index (χ2v) is 6.37. The summed E-state index contributed by atoms with van der Waals surface area (Å²) < 4.78 is 11.1. The summed E-state index contributed by atoms with van der Waals surface area (Å²) in [6.07, 6.45) is 3.84. The average Bonchev–Trinajstić information content (AvgIpc) is 2.39. The predicted octanol–water partition coefficient (Wildman–Crippen LogP) is 3.07. The van der Waals surface area contributed by atoms with E-state index in [0.29, 0.717) is 31.2 Å². The molecule has 2 aliphatic carbocycles. The van der Waals surface area contributed by atoms with Crippen LogP contribution in [0.3, 0.4) is 0 Å². The second kappa shape index (κ2) is 4.78. The molecule has 0 bridgehead atoms. The first-order valence-corrected chi connectivity index (χ1v) is 7.26. The summed E-state index contributed by atoms with van der Waals surface area (Å²) in [5, 5.41) is 0. The molecule has 19 heavy (non-hydrogen) atoms. The molecule has 3 aliphatic rings. The molecular weight excluding hydrogens is 240 g/mol. The van der Waals surface area contributed by atoms with Gasteiger partial charge in [-0.25, -0.2) is 0 Å². The molecular formula is C16H22O3. The van der Waals surface area contributed by atoms with Crippen molar-refractivity contribution in [3.63, 3.8) is 0 Å². The van der Waals surface area contributed by atoms with Crippen LogP contribution in [0.1, 0.15) is 33.6 Å². The predicted molar refractivity (Wildman–Crippen MR) is 72.2 cm³/mol. The first kappa shape index (κ1) is 12.9. The summed E-state index contributed by atoms with van der Waals surface area (Å²) in [6.45, 7) is 7.55. The number of hydrogen-bond acceptors (Lipinski definition) is 3. The van der Waals surface area contributed by atoms with E-state index in [2.05, 4.69) is 13.8 Å². The highest BCUT2D eigenvalue weighted by Crippen LogP contribution is 2.47. The number of fused-ring (bicyclic) bond motifs is 2. The van der Waals surface area contributed by atoms with E-state index >= 15 is 0 Å². The molecule has 0 spiro atoms. The van der Waals surface area contributed by atoms with Gasteiger partial charge in [0.25, 0.3) is 0 Å². The molecule has 0 fully saturated rings. The van der Waals surface area contributed by atoms with Crippen molar-refractivity contribution in [2.75, 3.05) is 13.4 Å². The Morgan fingerprint density at radius 3 is 2.89 bits per heavy atom. The van der Waals surface area contributed by atoms with E-state index in [4.69, 9.17) is 9.47 Å². The first-order valence-electron chi connectivity index (χ1n) is 7.26. The Balaban J connectivity index is 2.05. The summed E-state index contributed by atoms with van der Waals surface area (Å²) in [4.78, 5) is 12.0. The van der Waals surface area contributed by atoms with Gasteiger partial charge in [0.1, 0.15) is 5.76 Å². The number of rotatable bonds is 1. The maximum absolute atomic E-state index is 12.0. The van der Waals surface area contributed by atoms with E-state index in [0.717, 1.165) is 24.2 Å². The monoisotopic (exact) mass is 262 g/mol. The van der Waals surface area contributed by atoms with Crippen LogP contribution in [-0.2, 0) is 14.3 Å². The molecule has 1 heterocycles. The molecule has 0 saturated carbocycles. The molecule has 0 saturated heterocycles. The van der Waals surface area contributed by atoms with Gasteiger partial charge in [0.2, 0.25) is 0 Å². The fourth-order valence-corrected chi connectivity index (χ4v) is 3.65. The molecule has 0 radical (unpaired) electrons. The first-order chi connectivity index (χ1) is 9.08. The highest BCUT2D eigenvalue weighted by atomic mass is 16.7. The topological polar surface area (TPSA) is 35.5 Å². The van der Waals surface area contributed by atoms with Crippen LogP contribution in [0.2, 0.25) is 0 Å². The molecule has 0 aromatic carbocycles. The third kappa shape index (κ3) is 2.14. The van der Waals surface area contributed by atoms with E-state index in [1.165, 1.54) is 5.57 Å². The van der Waals surface area contributed by atoms with Crippen molar-refractivity contribution in [3.05, 3.63) is 23.0 Å². The molecule has 104 valence electrons. The smallest absolute Gasteiger partial charge is 0.188 e. The second-order valence-electron chi connectivity index (χ2n) is 6.37. The van der Waals surface area contributed by atoms with E-state index < -0.39 is 0 Å². The number of ether oxygens (including phenoxy) is 2. The van der Waals surface area contributed by atoms with Crippen molar-refractivity contribution >= 4 is 5.78 Å². The maximum atomic E-state index is 12.0. The molecule has 0 N–H and O–H groups in total. The Morgan fingerprint density at radius 2 is 2.16 bits per heavy atom. The molecule has 3 nitrogen and oxygen atoms in total. The van der Waals surface area contributed by atoms with Crippen molar-refractivity contribution in [2.45, 2.75) is 33.6 Å². The van der Waals surface area contributed by atoms with Crippen molar-refractivity contribution in [3.8, 4) is 0 Å². The largest absolute Gasteiger partial charge is 0.471 e. The minimum absolute atomic E-state index is 0.155. The van der Waals surface area contributed by atoms with Crippen LogP contribution in [0, 0.1) is 23.7 Å². The molecule has 1 aliphatic heterocycles. The fourth-order valence-electron chi connectivity index (χ4n) is 3.65. The third-order valence-electron chi connectivity index (χ3n) is 4.83. The minimum atomic E-state index is 0.155. The normalized spacial score (nSPS) is 34.6. The van der Waals surface area contributed by atoms with E-state index in [1.807, 2.05) is 13.0 Å². The van der Waals surface area contributed by atoms with Gasteiger partial charge in [0.15, 0.2) is 12.6 Å². The maximum Gasteiger partial charge on any atom is 0.188 e. The molecule has 0 aromatic heterocycles. The van der Waals surface area contributed by atoms with Gasteiger partial charge in [-0.15, -0.1) is 0 Å². The average molecular weight is 262 g/mol. The van der Waals surface area contributed by atoms with Crippen LogP contribution in [-0.4, -0.2) is 19.2 Å². The van der Waals surface area contributed by atoms with Crippen molar-refractivity contribution in [1.82, 2.24) is 0 Å². The standard InChI is InChI=1S/C16H22O3/c1-9(2)11-6-16-14(7-18-8-19-16)13-5-15(17)10(3)4-12(11)13/h5,9-12H,4,6-8H2,1-3H3/t10-,11+,12+/m1/s1. The zero-order valence-electron chi connectivity index (χ0n) is 11.9. The number of allylic oxidation sites excluding steroid dienone is 2.